The van der Waals surface area contributed by atoms with Crippen LogP contribution in [0.15, 0.2) is 36.4 Å². The van der Waals surface area contributed by atoms with Crippen LogP contribution in [0.1, 0.15) is 24.5 Å². The van der Waals surface area contributed by atoms with Crippen molar-refractivity contribution in [2.45, 2.75) is 26.5 Å². The molecule has 2 aromatic rings. The summed E-state index contributed by atoms with van der Waals surface area (Å²) in [4.78, 5) is 2.44. The fourth-order valence-corrected chi connectivity index (χ4v) is 3.66. The van der Waals surface area contributed by atoms with Gasteiger partial charge in [-0.25, -0.2) is 0 Å². The number of nitrogens with zero attached hydrogens (tertiary/aromatic N) is 1. The van der Waals surface area contributed by atoms with Crippen LogP contribution in [0.5, 0.6) is 11.5 Å². The third-order valence-electron chi connectivity index (χ3n) is 4.97. The molecule has 0 aromatic heterocycles. The lowest BCUT2D eigenvalue weighted by molar-refractivity contribution is 0.0374. The van der Waals surface area contributed by atoms with Crippen molar-refractivity contribution in [3.63, 3.8) is 0 Å². The van der Waals surface area contributed by atoms with Crippen molar-refractivity contribution in [1.29, 1.82) is 0 Å². The van der Waals surface area contributed by atoms with Crippen molar-refractivity contribution in [3.8, 4) is 11.5 Å². The van der Waals surface area contributed by atoms with E-state index in [1.54, 1.807) is 0 Å². The van der Waals surface area contributed by atoms with Crippen molar-refractivity contribution < 1.29 is 14.2 Å². The summed E-state index contributed by atoms with van der Waals surface area (Å²) in [7, 11) is 0. The fourth-order valence-electron chi connectivity index (χ4n) is 3.31. The summed E-state index contributed by atoms with van der Waals surface area (Å²) in [5.41, 5.74) is 2.04. The molecule has 1 N–H and O–H groups in total. The Morgan fingerprint density at radius 1 is 1.03 bits per heavy atom. The van der Waals surface area contributed by atoms with Crippen LogP contribution in [-0.2, 0) is 17.9 Å². The number of nitrogens with one attached hydrogen (secondary N) is 1. The zero-order valence-corrected chi connectivity index (χ0v) is 19.0. The Balaban J connectivity index is 1.52. The molecular weight excluding hydrogens is 423 g/mol. The average Bonchev–Trinajstić information content (AvgIpc) is 2.76. The second-order valence-electron chi connectivity index (χ2n) is 7.22. The molecule has 0 saturated carbocycles. The van der Waals surface area contributed by atoms with Crippen LogP contribution in [0.25, 0.3) is 0 Å². The van der Waals surface area contributed by atoms with Gasteiger partial charge >= 0.3 is 0 Å². The Bertz CT molecular complexity index is 781. The Morgan fingerprint density at radius 3 is 2.50 bits per heavy atom. The van der Waals surface area contributed by atoms with E-state index >= 15 is 0 Å². The summed E-state index contributed by atoms with van der Waals surface area (Å²) in [6.07, 6.45) is 1.10. The van der Waals surface area contributed by atoms with Gasteiger partial charge in [0.05, 0.1) is 19.8 Å². The molecule has 7 heteroatoms. The van der Waals surface area contributed by atoms with E-state index in [1.165, 1.54) is 0 Å². The largest absolute Gasteiger partial charge is 0.490 e. The molecule has 1 aliphatic heterocycles. The maximum absolute atomic E-state index is 6.52. The molecule has 0 unspecified atom stereocenters. The van der Waals surface area contributed by atoms with E-state index in [0.29, 0.717) is 41.3 Å². The first-order valence-corrected chi connectivity index (χ1v) is 11.2. The Morgan fingerprint density at radius 2 is 1.77 bits per heavy atom. The lowest BCUT2D eigenvalue weighted by Crippen LogP contribution is -2.37. The summed E-state index contributed by atoms with van der Waals surface area (Å²) >= 11 is 12.5. The standard InChI is InChI=1S/C23H30Cl2N2O3/c1-2-29-22-14-19(16-26-8-3-9-27-10-12-28-13-11-27)21(25)15-23(22)30-17-18-4-6-20(24)7-5-18/h4-7,14-15,26H,2-3,8-13,16-17H2,1H3. The minimum atomic E-state index is 0.423. The van der Waals surface area contributed by atoms with Crippen LogP contribution >= 0.6 is 23.2 Å². The van der Waals surface area contributed by atoms with Crippen LogP contribution in [0, 0.1) is 0 Å². The Hall–Kier alpha value is -1.50. The quantitative estimate of drug-likeness (QED) is 0.496. The lowest BCUT2D eigenvalue weighted by atomic mass is 10.2. The molecule has 0 bridgehead atoms. The number of hydrogen-bond donors (Lipinski definition) is 1. The molecule has 0 radical (unpaired) electrons. The average molecular weight is 453 g/mol. The van der Waals surface area contributed by atoms with Gasteiger partial charge in [0.1, 0.15) is 6.61 Å². The molecule has 2 aromatic carbocycles. The van der Waals surface area contributed by atoms with Gasteiger partial charge in [-0.2, -0.15) is 0 Å². The van der Waals surface area contributed by atoms with Gasteiger partial charge in [-0.1, -0.05) is 35.3 Å². The molecule has 0 atom stereocenters. The summed E-state index contributed by atoms with van der Waals surface area (Å²) < 4.78 is 17.2. The Labute approximate surface area is 189 Å². The number of ether oxygens (including phenoxy) is 3. The number of morpholine rings is 1. The molecule has 0 aliphatic carbocycles. The molecular formula is C23H30Cl2N2O3. The lowest BCUT2D eigenvalue weighted by Gasteiger charge is -2.26. The van der Waals surface area contributed by atoms with Gasteiger partial charge in [0.25, 0.3) is 0 Å². The molecule has 0 amide bonds. The highest BCUT2D eigenvalue weighted by Crippen LogP contribution is 2.34. The van der Waals surface area contributed by atoms with Gasteiger partial charge in [-0.3, -0.25) is 4.90 Å². The summed E-state index contributed by atoms with van der Waals surface area (Å²) in [6.45, 7) is 9.41. The van der Waals surface area contributed by atoms with Gasteiger partial charge in [0.2, 0.25) is 0 Å². The van der Waals surface area contributed by atoms with E-state index in [4.69, 9.17) is 37.4 Å². The smallest absolute Gasteiger partial charge is 0.163 e. The van der Waals surface area contributed by atoms with E-state index < -0.39 is 0 Å². The first kappa shape index (κ1) is 23.2. The highest BCUT2D eigenvalue weighted by Gasteiger charge is 2.12. The number of hydrogen-bond acceptors (Lipinski definition) is 5. The number of benzene rings is 2. The molecule has 1 aliphatic rings. The SMILES string of the molecule is CCOc1cc(CNCCCN2CCOCC2)c(Cl)cc1OCc1ccc(Cl)cc1. The Kier molecular flexibility index (Phi) is 9.56. The molecule has 5 nitrogen and oxygen atoms in total. The van der Waals surface area contributed by atoms with Crippen LogP contribution in [0.4, 0.5) is 0 Å². The van der Waals surface area contributed by atoms with Crippen molar-refractivity contribution in [2.24, 2.45) is 0 Å². The van der Waals surface area contributed by atoms with E-state index in [0.717, 1.165) is 56.9 Å². The van der Waals surface area contributed by atoms with Crippen molar-refractivity contribution in [1.82, 2.24) is 10.2 Å². The molecule has 1 fully saturated rings. The van der Waals surface area contributed by atoms with Crippen LogP contribution < -0.4 is 14.8 Å². The van der Waals surface area contributed by atoms with Gasteiger partial charge in [-0.05, 0) is 55.8 Å². The second kappa shape index (κ2) is 12.4. The minimum absolute atomic E-state index is 0.423. The molecule has 30 heavy (non-hydrogen) atoms. The molecule has 1 heterocycles. The van der Waals surface area contributed by atoms with Crippen LogP contribution in [-0.4, -0.2) is 50.9 Å². The van der Waals surface area contributed by atoms with Gasteiger partial charge in [-0.15, -0.1) is 0 Å². The summed E-state index contributed by atoms with van der Waals surface area (Å²) in [5, 5.41) is 4.86. The molecule has 164 valence electrons. The normalized spacial score (nSPS) is 14.6. The second-order valence-corrected chi connectivity index (χ2v) is 8.07. The first-order valence-electron chi connectivity index (χ1n) is 10.5. The van der Waals surface area contributed by atoms with Crippen molar-refractivity contribution >= 4 is 23.2 Å². The predicted molar refractivity (Wildman–Crippen MR) is 122 cm³/mol. The maximum atomic E-state index is 6.52. The van der Waals surface area contributed by atoms with Crippen molar-refractivity contribution in [3.05, 3.63) is 57.6 Å². The fraction of sp³-hybridized carbons (Fsp3) is 0.478. The third-order valence-corrected chi connectivity index (χ3v) is 5.57. The molecule has 0 spiro atoms. The zero-order chi connectivity index (χ0) is 21.2. The summed E-state index contributed by atoms with van der Waals surface area (Å²) in [5.74, 6) is 1.36. The maximum Gasteiger partial charge on any atom is 0.163 e. The highest BCUT2D eigenvalue weighted by molar-refractivity contribution is 6.31. The third kappa shape index (κ3) is 7.33. The van der Waals surface area contributed by atoms with E-state index in [1.807, 2.05) is 43.3 Å². The number of halogens is 2. The van der Waals surface area contributed by atoms with Crippen LogP contribution in [0.2, 0.25) is 10.0 Å². The molecule has 3 rings (SSSR count). The van der Waals surface area contributed by atoms with Crippen molar-refractivity contribution in [2.75, 3.05) is 46.0 Å². The van der Waals surface area contributed by atoms with Gasteiger partial charge in [0, 0.05) is 35.7 Å². The van der Waals surface area contributed by atoms with E-state index in [9.17, 15) is 0 Å². The van der Waals surface area contributed by atoms with Crippen LogP contribution in [0.3, 0.4) is 0 Å². The zero-order valence-electron chi connectivity index (χ0n) is 17.5. The first-order chi connectivity index (χ1) is 14.7. The van der Waals surface area contributed by atoms with E-state index in [-0.39, 0.29) is 0 Å². The highest BCUT2D eigenvalue weighted by atomic mass is 35.5. The van der Waals surface area contributed by atoms with Gasteiger partial charge < -0.3 is 19.5 Å². The number of rotatable bonds is 11. The van der Waals surface area contributed by atoms with Gasteiger partial charge in [0.15, 0.2) is 11.5 Å². The predicted octanol–water partition coefficient (Wildman–Crippen LogP) is 4.78. The summed E-state index contributed by atoms with van der Waals surface area (Å²) in [6, 6.07) is 11.4. The monoisotopic (exact) mass is 452 g/mol. The topological polar surface area (TPSA) is 43.0 Å². The minimum Gasteiger partial charge on any atom is -0.490 e. The van der Waals surface area contributed by atoms with E-state index in [2.05, 4.69) is 10.2 Å². The molecule has 1 saturated heterocycles.